The molecule has 1 fully saturated rings. The van der Waals surface area contributed by atoms with Crippen LogP contribution in [-0.2, 0) is 11.3 Å². The van der Waals surface area contributed by atoms with E-state index in [9.17, 15) is 9.18 Å². The van der Waals surface area contributed by atoms with Crippen LogP contribution in [0.25, 0.3) is 0 Å². The second-order valence-corrected chi connectivity index (χ2v) is 6.57. The maximum atomic E-state index is 13.0. The van der Waals surface area contributed by atoms with Crippen LogP contribution in [-0.4, -0.2) is 42.2 Å². The Bertz CT molecular complexity index is 884. The summed E-state index contributed by atoms with van der Waals surface area (Å²) in [6.07, 6.45) is 1.56. The fraction of sp³-hybridized carbons (Fsp3) is 0.211. The van der Waals surface area contributed by atoms with E-state index in [0.29, 0.717) is 29.0 Å². The lowest BCUT2D eigenvalue weighted by atomic mass is 10.2. The van der Waals surface area contributed by atoms with Crippen LogP contribution < -0.4 is 9.47 Å². The molecule has 0 aliphatic carbocycles. The van der Waals surface area contributed by atoms with Gasteiger partial charge in [-0.1, -0.05) is 23.9 Å². The lowest BCUT2D eigenvalue weighted by Gasteiger charge is -2.15. The van der Waals surface area contributed by atoms with E-state index in [4.69, 9.17) is 9.47 Å². The fourth-order valence-electron chi connectivity index (χ4n) is 2.47. The van der Waals surface area contributed by atoms with Gasteiger partial charge in [0.25, 0.3) is 0 Å². The maximum Gasteiger partial charge on any atom is 0.239 e. The van der Waals surface area contributed by atoms with Crippen LogP contribution >= 0.6 is 11.8 Å². The third-order valence-corrected chi connectivity index (χ3v) is 4.84. The van der Waals surface area contributed by atoms with Crippen molar-refractivity contribution in [2.24, 2.45) is 10.2 Å². The van der Waals surface area contributed by atoms with Crippen LogP contribution in [0.1, 0.15) is 11.1 Å². The van der Waals surface area contributed by atoms with Crippen molar-refractivity contribution in [1.82, 2.24) is 4.90 Å². The molecule has 1 saturated heterocycles. The van der Waals surface area contributed by atoms with E-state index in [1.54, 1.807) is 49.6 Å². The van der Waals surface area contributed by atoms with Gasteiger partial charge in [0, 0.05) is 11.6 Å². The average molecular weight is 387 g/mol. The maximum absolute atomic E-state index is 13.0. The summed E-state index contributed by atoms with van der Waals surface area (Å²) in [6, 6.07) is 11.4. The Hall–Kier alpha value is -2.87. The van der Waals surface area contributed by atoms with Gasteiger partial charge in [0.2, 0.25) is 5.91 Å². The lowest BCUT2D eigenvalue weighted by Crippen LogP contribution is -2.28. The molecule has 0 atom stereocenters. The minimum atomic E-state index is -0.312. The Balaban J connectivity index is 1.76. The molecule has 1 amide bonds. The molecule has 0 aromatic heterocycles. The third kappa shape index (κ3) is 4.65. The molecular weight excluding hydrogens is 369 g/mol. The van der Waals surface area contributed by atoms with Gasteiger partial charge < -0.3 is 9.47 Å². The van der Waals surface area contributed by atoms with Gasteiger partial charge in [-0.3, -0.25) is 9.69 Å². The van der Waals surface area contributed by atoms with Crippen LogP contribution in [0.5, 0.6) is 11.5 Å². The largest absolute Gasteiger partial charge is 0.497 e. The molecule has 8 heteroatoms. The van der Waals surface area contributed by atoms with Gasteiger partial charge in [0.15, 0.2) is 5.17 Å². The number of nitrogens with zero attached hydrogens (tertiary/aromatic N) is 3. The smallest absolute Gasteiger partial charge is 0.239 e. The van der Waals surface area contributed by atoms with Gasteiger partial charge in [-0.2, -0.15) is 5.10 Å². The molecule has 0 spiro atoms. The number of benzene rings is 2. The summed E-state index contributed by atoms with van der Waals surface area (Å²) in [6.45, 7) is 0.326. The average Bonchev–Trinajstić information content (AvgIpc) is 3.03. The first-order chi connectivity index (χ1) is 13.1. The Labute approximate surface area is 160 Å². The second-order valence-electron chi connectivity index (χ2n) is 5.63. The number of carbonyl (C=O) groups excluding carboxylic acids is 1. The Morgan fingerprint density at radius 2 is 1.96 bits per heavy atom. The molecule has 0 bridgehead atoms. The van der Waals surface area contributed by atoms with Crippen molar-refractivity contribution in [2.45, 2.75) is 6.54 Å². The highest BCUT2D eigenvalue weighted by Crippen LogP contribution is 2.24. The van der Waals surface area contributed by atoms with Crippen molar-refractivity contribution in [2.75, 3.05) is 20.0 Å². The van der Waals surface area contributed by atoms with E-state index in [1.165, 1.54) is 23.9 Å². The molecule has 2 aromatic rings. The van der Waals surface area contributed by atoms with Crippen molar-refractivity contribution in [3.05, 3.63) is 59.4 Å². The van der Waals surface area contributed by atoms with Crippen LogP contribution in [0.2, 0.25) is 0 Å². The van der Waals surface area contributed by atoms with Crippen LogP contribution in [0.3, 0.4) is 0 Å². The number of ether oxygens (including phenoxy) is 2. The monoisotopic (exact) mass is 387 g/mol. The van der Waals surface area contributed by atoms with Crippen molar-refractivity contribution < 1.29 is 18.7 Å². The van der Waals surface area contributed by atoms with Crippen molar-refractivity contribution in [3.63, 3.8) is 0 Å². The van der Waals surface area contributed by atoms with E-state index in [0.717, 1.165) is 11.1 Å². The zero-order valence-electron chi connectivity index (χ0n) is 14.9. The Morgan fingerprint density at radius 3 is 2.67 bits per heavy atom. The number of amidine groups is 1. The van der Waals surface area contributed by atoms with Crippen LogP contribution in [0.4, 0.5) is 4.39 Å². The molecule has 0 radical (unpaired) electrons. The standard InChI is InChI=1S/C19H18FN3O3S/c1-25-16-8-5-14(17(9-16)26-2)10-21-22-19-23(18(24)12-27-19)11-13-3-6-15(20)7-4-13/h3-10H,11-12H2,1-2H3/b21-10-,22-19+. The molecule has 140 valence electrons. The molecule has 0 saturated carbocycles. The third-order valence-electron chi connectivity index (χ3n) is 3.89. The molecule has 0 N–H and O–H groups in total. The number of rotatable bonds is 6. The SMILES string of the molecule is COc1ccc(/C=N\N=C2\SCC(=O)N2Cc2ccc(F)cc2)c(OC)c1. The highest BCUT2D eigenvalue weighted by molar-refractivity contribution is 8.15. The topological polar surface area (TPSA) is 63.5 Å². The van der Waals surface area contributed by atoms with Crippen LogP contribution in [0.15, 0.2) is 52.7 Å². The molecule has 0 unspecified atom stereocenters. The summed E-state index contributed by atoms with van der Waals surface area (Å²) in [5.41, 5.74) is 1.56. The minimum absolute atomic E-state index is 0.0553. The van der Waals surface area contributed by atoms with E-state index in [2.05, 4.69) is 10.2 Å². The molecule has 27 heavy (non-hydrogen) atoms. The summed E-state index contributed by atoms with van der Waals surface area (Å²) in [5, 5.41) is 8.78. The zero-order chi connectivity index (χ0) is 19.2. The number of hydrogen-bond acceptors (Lipinski definition) is 6. The highest BCUT2D eigenvalue weighted by atomic mass is 32.2. The number of thioether (sulfide) groups is 1. The number of carbonyl (C=O) groups is 1. The quantitative estimate of drug-likeness (QED) is 0.564. The molecular formula is C19H18FN3O3S. The summed E-state index contributed by atoms with van der Waals surface area (Å²) >= 11 is 1.32. The van der Waals surface area contributed by atoms with Crippen molar-refractivity contribution >= 4 is 29.1 Å². The summed E-state index contributed by atoms with van der Waals surface area (Å²) < 4.78 is 23.5. The lowest BCUT2D eigenvalue weighted by molar-refractivity contribution is -0.124. The molecule has 2 aromatic carbocycles. The highest BCUT2D eigenvalue weighted by Gasteiger charge is 2.28. The fourth-order valence-corrected chi connectivity index (χ4v) is 3.30. The van der Waals surface area contributed by atoms with Crippen molar-refractivity contribution in [3.8, 4) is 11.5 Å². The zero-order valence-corrected chi connectivity index (χ0v) is 15.7. The van der Waals surface area contributed by atoms with Gasteiger partial charge in [0.1, 0.15) is 17.3 Å². The number of halogens is 1. The van der Waals surface area contributed by atoms with E-state index < -0.39 is 0 Å². The number of amides is 1. The second kappa shape index (κ2) is 8.68. The van der Waals surface area contributed by atoms with Gasteiger partial charge in [-0.25, -0.2) is 4.39 Å². The molecule has 3 rings (SSSR count). The first-order valence-electron chi connectivity index (χ1n) is 8.11. The molecule has 6 nitrogen and oxygen atoms in total. The normalized spacial score (nSPS) is 15.7. The van der Waals surface area contributed by atoms with E-state index >= 15 is 0 Å². The first-order valence-corrected chi connectivity index (χ1v) is 9.10. The molecule has 1 aliphatic rings. The van der Waals surface area contributed by atoms with Gasteiger partial charge in [0.05, 0.1) is 32.7 Å². The van der Waals surface area contributed by atoms with Crippen molar-refractivity contribution in [1.29, 1.82) is 0 Å². The number of hydrogen-bond donors (Lipinski definition) is 0. The first kappa shape index (κ1) is 18.9. The Kier molecular flexibility index (Phi) is 6.08. The van der Waals surface area contributed by atoms with Gasteiger partial charge in [-0.15, -0.1) is 5.10 Å². The summed E-state index contributed by atoms with van der Waals surface area (Å²) in [5.74, 6) is 1.23. The minimum Gasteiger partial charge on any atom is -0.497 e. The predicted octanol–water partition coefficient (Wildman–Crippen LogP) is 3.31. The van der Waals surface area contributed by atoms with Crippen LogP contribution in [0, 0.1) is 5.82 Å². The summed E-state index contributed by atoms with van der Waals surface area (Å²) in [4.78, 5) is 13.7. The number of methoxy groups -OCH3 is 2. The van der Waals surface area contributed by atoms with Gasteiger partial charge >= 0.3 is 0 Å². The molecule has 1 aliphatic heterocycles. The van der Waals surface area contributed by atoms with E-state index in [-0.39, 0.29) is 11.7 Å². The van der Waals surface area contributed by atoms with Gasteiger partial charge in [-0.05, 0) is 29.8 Å². The molecule has 1 heterocycles. The summed E-state index contributed by atoms with van der Waals surface area (Å²) in [7, 11) is 3.15. The van der Waals surface area contributed by atoms with E-state index in [1.807, 2.05) is 6.07 Å². The Morgan fingerprint density at radius 1 is 1.19 bits per heavy atom. The predicted molar refractivity (Wildman–Crippen MR) is 104 cm³/mol.